The zero-order valence-electron chi connectivity index (χ0n) is 11.6. The van der Waals surface area contributed by atoms with Gasteiger partial charge in [0.1, 0.15) is 0 Å². The number of ether oxygens (including phenoxy) is 2. The molecule has 6 nitrogen and oxygen atoms in total. The van der Waals surface area contributed by atoms with Crippen LogP contribution in [0.5, 0.6) is 0 Å². The second kappa shape index (κ2) is 11.8. The molecule has 1 aliphatic rings. The van der Waals surface area contributed by atoms with E-state index in [0.29, 0.717) is 26.4 Å². The number of hydrogen-bond acceptors (Lipinski definition) is 6. The van der Waals surface area contributed by atoms with Gasteiger partial charge >= 0.3 is 0 Å². The Morgan fingerprint density at radius 3 is 1.83 bits per heavy atom. The van der Waals surface area contributed by atoms with Gasteiger partial charge in [0, 0.05) is 26.2 Å². The Morgan fingerprint density at radius 1 is 0.944 bits per heavy atom. The molecule has 0 saturated carbocycles. The molecule has 0 spiro atoms. The largest absolute Gasteiger partial charge is 0.394 e. The third-order valence-corrected chi connectivity index (χ3v) is 2.02. The Labute approximate surface area is 110 Å². The van der Waals surface area contributed by atoms with Crippen LogP contribution in [0.2, 0.25) is 0 Å². The number of aliphatic hydroxyl groups is 2. The zero-order valence-corrected chi connectivity index (χ0v) is 11.6. The number of aliphatic hydroxyl groups excluding tert-OH is 1. The lowest BCUT2D eigenvalue weighted by molar-refractivity contribution is -0.0395. The molecule has 1 saturated heterocycles. The molecule has 0 atom stereocenters. The molecule has 4 N–H and O–H groups in total. The lowest BCUT2D eigenvalue weighted by atomic mass is 10.2. The standard InChI is InChI=1S/C8H18O4.C4H10N2/c1-8(2,10)7-12-6-5-11-4-3-9;1-2-6-4-3-5-1/h9-10H,3-7H2,1-2H3;5-6H,1-4H2. The van der Waals surface area contributed by atoms with Gasteiger partial charge in [-0.15, -0.1) is 0 Å². The average Bonchev–Trinajstić information content (AvgIpc) is 2.35. The number of rotatable bonds is 7. The van der Waals surface area contributed by atoms with Crippen molar-refractivity contribution in [2.75, 3.05) is 59.2 Å². The molecule has 0 radical (unpaired) electrons. The third-order valence-electron chi connectivity index (χ3n) is 2.02. The second-order valence-corrected chi connectivity index (χ2v) is 4.70. The summed E-state index contributed by atoms with van der Waals surface area (Å²) in [7, 11) is 0. The van der Waals surface area contributed by atoms with Crippen LogP contribution in [0.15, 0.2) is 0 Å². The molecule has 1 fully saturated rings. The van der Waals surface area contributed by atoms with Gasteiger partial charge in [-0.3, -0.25) is 0 Å². The molecule has 6 heteroatoms. The van der Waals surface area contributed by atoms with Crippen molar-refractivity contribution >= 4 is 0 Å². The van der Waals surface area contributed by atoms with Gasteiger partial charge in [0.25, 0.3) is 0 Å². The quantitative estimate of drug-likeness (QED) is 0.440. The van der Waals surface area contributed by atoms with E-state index in [9.17, 15) is 5.11 Å². The van der Waals surface area contributed by atoms with Gasteiger partial charge < -0.3 is 30.3 Å². The predicted octanol–water partition coefficient (Wildman–Crippen LogP) is -1.04. The van der Waals surface area contributed by atoms with Crippen molar-refractivity contribution in [3.8, 4) is 0 Å². The van der Waals surface area contributed by atoms with Crippen molar-refractivity contribution in [2.45, 2.75) is 19.4 Å². The van der Waals surface area contributed by atoms with Crippen LogP contribution in [0.1, 0.15) is 13.8 Å². The van der Waals surface area contributed by atoms with Crippen molar-refractivity contribution in [3.05, 3.63) is 0 Å². The fourth-order valence-corrected chi connectivity index (χ4v) is 1.21. The monoisotopic (exact) mass is 264 g/mol. The summed E-state index contributed by atoms with van der Waals surface area (Å²) in [6, 6.07) is 0. The van der Waals surface area contributed by atoms with Crippen LogP contribution in [0.25, 0.3) is 0 Å². The molecule has 0 bridgehead atoms. The molecule has 1 rings (SSSR count). The van der Waals surface area contributed by atoms with E-state index in [1.807, 2.05) is 0 Å². The van der Waals surface area contributed by atoms with Gasteiger partial charge in [-0.05, 0) is 13.8 Å². The van der Waals surface area contributed by atoms with Crippen molar-refractivity contribution in [1.29, 1.82) is 0 Å². The van der Waals surface area contributed by atoms with Gasteiger partial charge in [-0.25, -0.2) is 0 Å². The Morgan fingerprint density at radius 2 is 1.44 bits per heavy atom. The molecular formula is C12H28N2O4. The van der Waals surface area contributed by atoms with Gasteiger partial charge in [0.05, 0.1) is 38.6 Å². The SMILES string of the molecule is C1CNCCN1.CC(C)(O)COCCOCCO. The molecule has 0 unspecified atom stereocenters. The maximum Gasteiger partial charge on any atom is 0.0824 e. The van der Waals surface area contributed by atoms with E-state index in [1.54, 1.807) is 13.8 Å². The normalized spacial score (nSPS) is 16.0. The molecule has 18 heavy (non-hydrogen) atoms. The molecule has 110 valence electrons. The van der Waals surface area contributed by atoms with E-state index in [1.165, 1.54) is 0 Å². The summed E-state index contributed by atoms with van der Waals surface area (Å²) in [6.07, 6.45) is 0. The van der Waals surface area contributed by atoms with E-state index in [4.69, 9.17) is 14.6 Å². The highest BCUT2D eigenvalue weighted by molar-refractivity contribution is 4.62. The van der Waals surface area contributed by atoms with Crippen molar-refractivity contribution in [1.82, 2.24) is 10.6 Å². The highest BCUT2D eigenvalue weighted by atomic mass is 16.5. The summed E-state index contributed by atoms with van der Waals surface area (Å²) < 4.78 is 10.0. The summed E-state index contributed by atoms with van der Waals surface area (Å²) in [5.41, 5.74) is -0.781. The highest BCUT2D eigenvalue weighted by Gasteiger charge is 2.11. The van der Waals surface area contributed by atoms with Gasteiger partial charge in [-0.1, -0.05) is 0 Å². The van der Waals surface area contributed by atoms with Crippen LogP contribution in [-0.2, 0) is 9.47 Å². The smallest absolute Gasteiger partial charge is 0.0824 e. The lowest BCUT2D eigenvalue weighted by Crippen LogP contribution is -2.39. The molecule has 0 aromatic carbocycles. The summed E-state index contributed by atoms with van der Waals surface area (Å²) in [5.74, 6) is 0. The Hall–Kier alpha value is -0.240. The van der Waals surface area contributed by atoms with Gasteiger partial charge in [-0.2, -0.15) is 0 Å². The first-order chi connectivity index (χ1) is 8.56. The summed E-state index contributed by atoms with van der Waals surface area (Å²) in [5, 5.41) is 24.0. The van der Waals surface area contributed by atoms with Gasteiger partial charge in [0.2, 0.25) is 0 Å². The van der Waals surface area contributed by atoms with Crippen LogP contribution in [0, 0.1) is 0 Å². The Bertz CT molecular complexity index is 158. The first-order valence-corrected chi connectivity index (χ1v) is 6.46. The van der Waals surface area contributed by atoms with E-state index < -0.39 is 5.60 Å². The van der Waals surface area contributed by atoms with Crippen LogP contribution in [-0.4, -0.2) is 75.0 Å². The fourth-order valence-electron chi connectivity index (χ4n) is 1.21. The third kappa shape index (κ3) is 15.8. The molecule has 1 heterocycles. The first kappa shape index (κ1) is 17.8. The highest BCUT2D eigenvalue weighted by Crippen LogP contribution is 2.00. The summed E-state index contributed by atoms with van der Waals surface area (Å²) in [4.78, 5) is 0. The second-order valence-electron chi connectivity index (χ2n) is 4.70. The summed E-state index contributed by atoms with van der Waals surface area (Å²) in [6.45, 7) is 9.50. The molecule has 1 aliphatic heterocycles. The first-order valence-electron chi connectivity index (χ1n) is 6.46. The maximum absolute atomic E-state index is 9.21. The van der Waals surface area contributed by atoms with Crippen LogP contribution >= 0.6 is 0 Å². The molecule has 0 aromatic heterocycles. The average molecular weight is 264 g/mol. The van der Waals surface area contributed by atoms with Crippen molar-refractivity contribution in [3.63, 3.8) is 0 Å². The molecule has 0 aromatic rings. The van der Waals surface area contributed by atoms with Gasteiger partial charge in [0.15, 0.2) is 0 Å². The lowest BCUT2D eigenvalue weighted by Gasteiger charge is -2.16. The zero-order chi connectivity index (χ0) is 13.7. The molecule has 0 aliphatic carbocycles. The van der Waals surface area contributed by atoms with Crippen molar-refractivity contribution in [2.24, 2.45) is 0 Å². The van der Waals surface area contributed by atoms with E-state index >= 15 is 0 Å². The van der Waals surface area contributed by atoms with Crippen LogP contribution in [0.3, 0.4) is 0 Å². The Kier molecular flexibility index (Phi) is 11.7. The van der Waals surface area contributed by atoms with Crippen molar-refractivity contribution < 1.29 is 19.7 Å². The van der Waals surface area contributed by atoms with Crippen LogP contribution in [0.4, 0.5) is 0 Å². The minimum atomic E-state index is -0.781. The number of nitrogens with one attached hydrogen (secondary N) is 2. The fraction of sp³-hybridized carbons (Fsp3) is 1.00. The topological polar surface area (TPSA) is 83.0 Å². The summed E-state index contributed by atoms with van der Waals surface area (Å²) >= 11 is 0. The number of piperazine rings is 1. The Balaban J connectivity index is 0.000000397. The maximum atomic E-state index is 9.21. The molecule has 0 amide bonds. The van der Waals surface area contributed by atoms with E-state index in [2.05, 4.69) is 10.6 Å². The minimum absolute atomic E-state index is 0.0332. The van der Waals surface area contributed by atoms with E-state index in [0.717, 1.165) is 26.2 Å². The van der Waals surface area contributed by atoms with Crippen LogP contribution < -0.4 is 10.6 Å². The predicted molar refractivity (Wildman–Crippen MR) is 70.8 cm³/mol. The minimum Gasteiger partial charge on any atom is -0.394 e. The number of hydrogen-bond donors (Lipinski definition) is 4. The van der Waals surface area contributed by atoms with E-state index in [-0.39, 0.29) is 6.61 Å². The molecular weight excluding hydrogens is 236 g/mol.